The molecular formula is C17H17N3O5S. The maximum absolute atomic E-state index is 12.2. The predicted octanol–water partition coefficient (Wildman–Crippen LogP) is 2.32. The molecule has 0 aliphatic carbocycles. The average molecular weight is 375 g/mol. The van der Waals surface area contributed by atoms with Crippen molar-refractivity contribution in [1.82, 2.24) is 0 Å². The number of carbonyl (C=O) groups is 1. The summed E-state index contributed by atoms with van der Waals surface area (Å²) in [7, 11) is -3.28. The Hall–Kier alpha value is -2.94. The number of non-ortho nitro benzene ring substituents is 1. The minimum absolute atomic E-state index is 0.0336. The normalized spacial score (nSPS) is 15.6. The zero-order valence-electron chi connectivity index (χ0n) is 13.8. The molecule has 1 heterocycles. The second-order valence-corrected chi connectivity index (χ2v) is 7.95. The van der Waals surface area contributed by atoms with Crippen molar-refractivity contribution in [2.45, 2.75) is 12.8 Å². The Morgan fingerprint density at radius 1 is 1.19 bits per heavy atom. The number of carbonyl (C=O) groups excluding carboxylic acids is 1. The van der Waals surface area contributed by atoms with Crippen LogP contribution in [0.3, 0.4) is 0 Å². The molecule has 9 heteroatoms. The van der Waals surface area contributed by atoms with Crippen LogP contribution in [-0.2, 0) is 21.2 Å². The second kappa shape index (κ2) is 7.12. The summed E-state index contributed by atoms with van der Waals surface area (Å²) in [5.74, 6) is -0.163. The van der Waals surface area contributed by atoms with Gasteiger partial charge in [0.15, 0.2) is 0 Å². The predicted molar refractivity (Wildman–Crippen MR) is 97.6 cm³/mol. The number of hydrogen-bond acceptors (Lipinski definition) is 5. The van der Waals surface area contributed by atoms with Gasteiger partial charge in [0.2, 0.25) is 15.9 Å². The molecule has 1 aliphatic heterocycles. The fourth-order valence-corrected chi connectivity index (χ4v) is 4.35. The molecule has 3 rings (SSSR count). The van der Waals surface area contributed by atoms with Gasteiger partial charge < -0.3 is 5.32 Å². The molecule has 0 bridgehead atoms. The van der Waals surface area contributed by atoms with Crippen LogP contribution in [0.15, 0.2) is 48.5 Å². The molecule has 1 N–H and O–H groups in total. The summed E-state index contributed by atoms with van der Waals surface area (Å²) in [5, 5.41) is 13.4. The van der Waals surface area contributed by atoms with Crippen molar-refractivity contribution in [3.63, 3.8) is 0 Å². The highest BCUT2D eigenvalue weighted by atomic mass is 32.2. The Balaban J connectivity index is 1.68. The van der Waals surface area contributed by atoms with E-state index >= 15 is 0 Å². The molecule has 26 heavy (non-hydrogen) atoms. The van der Waals surface area contributed by atoms with Gasteiger partial charge in [0, 0.05) is 24.4 Å². The van der Waals surface area contributed by atoms with Crippen molar-refractivity contribution < 1.29 is 18.1 Å². The van der Waals surface area contributed by atoms with E-state index in [1.807, 2.05) is 0 Å². The third-order valence-corrected chi connectivity index (χ3v) is 5.90. The number of benzene rings is 2. The van der Waals surface area contributed by atoms with Gasteiger partial charge in [-0.15, -0.1) is 0 Å². The number of nitrogens with zero attached hydrogens (tertiary/aromatic N) is 2. The van der Waals surface area contributed by atoms with Gasteiger partial charge in [0.25, 0.3) is 5.69 Å². The summed E-state index contributed by atoms with van der Waals surface area (Å²) in [4.78, 5) is 22.3. The largest absolute Gasteiger partial charge is 0.326 e. The summed E-state index contributed by atoms with van der Waals surface area (Å²) in [6.07, 6.45) is 0.642. The third kappa shape index (κ3) is 3.99. The zero-order chi connectivity index (χ0) is 18.7. The highest BCUT2D eigenvalue weighted by Crippen LogP contribution is 2.26. The van der Waals surface area contributed by atoms with Crippen molar-refractivity contribution in [1.29, 1.82) is 0 Å². The summed E-state index contributed by atoms with van der Waals surface area (Å²) < 4.78 is 25.4. The molecule has 0 radical (unpaired) electrons. The second-order valence-electron chi connectivity index (χ2n) is 5.94. The van der Waals surface area contributed by atoms with Crippen LogP contribution < -0.4 is 9.62 Å². The first kappa shape index (κ1) is 17.9. The third-order valence-electron chi connectivity index (χ3n) is 4.03. The number of nitro benzene ring substituents is 1. The lowest BCUT2D eigenvalue weighted by Gasteiger charge is -2.17. The first-order valence-electron chi connectivity index (χ1n) is 7.99. The van der Waals surface area contributed by atoms with E-state index in [4.69, 9.17) is 0 Å². The highest BCUT2D eigenvalue weighted by molar-refractivity contribution is 7.93. The van der Waals surface area contributed by atoms with Crippen LogP contribution in [0, 0.1) is 10.1 Å². The summed E-state index contributed by atoms with van der Waals surface area (Å²) >= 11 is 0. The molecule has 2 aromatic rings. The fraction of sp³-hybridized carbons (Fsp3) is 0.235. The van der Waals surface area contributed by atoms with Crippen molar-refractivity contribution in [3.05, 3.63) is 64.2 Å². The standard InChI is InChI=1S/C17H17N3O5S/c21-17(11-13-5-7-15(8-6-13)20(22)23)18-14-3-1-4-16(12-14)19-9-2-10-26(19,24)25/h1,3-8,12H,2,9-11H2,(H,18,21). The van der Waals surface area contributed by atoms with E-state index in [9.17, 15) is 23.3 Å². The number of nitro groups is 1. The van der Waals surface area contributed by atoms with Crippen molar-refractivity contribution in [2.24, 2.45) is 0 Å². The molecule has 1 fully saturated rings. The van der Waals surface area contributed by atoms with Crippen molar-refractivity contribution in [2.75, 3.05) is 21.9 Å². The quantitative estimate of drug-likeness (QED) is 0.637. The summed E-state index contributed by atoms with van der Waals surface area (Å²) in [5.41, 5.74) is 1.63. The van der Waals surface area contributed by atoms with E-state index < -0.39 is 14.9 Å². The molecule has 0 atom stereocenters. The molecule has 0 spiro atoms. The van der Waals surface area contributed by atoms with Crippen LogP contribution in [0.4, 0.5) is 17.1 Å². The Kier molecular flexibility index (Phi) is 4.90. The van der Waals surface area contributed by atoms with Gasteiger partial charge >= 0.3 is 0 Å². The zero-order valence-corrected chi connectivity index (χ0v) is 14.6. The minimum Gasteiger partial charge on any atom is -0.326 e. The van der Waals surface area contributed by atoms with Crippen molar-refractivity contribution >= 4 is 33.0 Å². The van der Waals surface area contributed by atoms with Gasteiger partial charge in [-0.1, -0.05) is 18.2 Å². The van der Waals surface area contributed by atoms with E-state index in [2.05, 4.69) is 5.32 Å². The summed E-state index contributed by atoms with van der Waals surface area (Å²) in [6.45, 7) is 0.433. The van der Waals surface area contributed by atoms with Crippen LogP contribution in [0.25, 0.3) is 0 Å². The van der Waals surface area contributed by atoms with Gasteiger partial charge in [-0.3, -0.25) is 19.2 Å². The van der Waals surface area contributed by atoms with Gasteiger partial charge in [0.1, 0.15) is 0 Å². The molecule has 1 amide bonds. The molecule has 1 aliphatic rings. The number of nitrogens with one attached hydrogen (secondary N) is 1. The Morgan fingerprint density at radius 2 is 1.92 bits per heavy atom. The lowest BCUT2D eigenvalue weighted by Crippen LogP contribution is -2.25. The first-order valence-corrected chi connectivity index (χ1v) is 9.60. The maximum Gasteiger partial charge on any atom is 0.269 e. The number of sulfonamides is 1. The monoisotopic (exact) mass is 375 g/mol. The van der Waals surface area contributed by atoms with E-state index in [0.29, 0.717) is 29.9 Å². The van der Waals surface area contributed by atoms with Gasteiger partial charge in [-0.25, -0.2) is 8.42 Å². The molecule has 136 valence electrons. The van der Waals surface area contributed by atoms with Crippen LogP contribution in [0.2, 0.25) is 0 Å². The maximum atomic E-state index is 12.2. The summed E-state index contributed by atoms with van der Waals surface area (Å²) in [6, 6.07) is 12.4. The molecule has 0 unspecified atom stereocenters. The van der Waals surface area contributed by atoms with Gasteiger partial charge in [-0.05, 0) is 30.2 Å². The van der Waals surface area contributed by atoms with Gasteiger partial charge in [0.05, 0.1) is 22.8 Å². The van der Waals surface area contributed by atoms with Crippen LogP contribution >= 0.6 is 0 Å². The lowest BCUT2D eigenvalue weighted by molar-refractivity contribution is -0.384. The van der Waals surface area contributed by atoms with Crippen LogP contribution in [0.5, 0.6) is 0 Å². The minimum atomic E-state index is -3.28. The van der Waals surface area contributed by atoms with E-state index in [1.54, 1.807) is 24.3 Å². The number of hydrogen-bond donors (Lipinski definition) is 1. The van der Waals surface area contributed by atoms with Crippen LogP contribution in [0.1, 0.15) is 12.0 Å². The van der Waals surface area contributed by atoms with Gasteiger partial charge in [-0.2, -0.15) is 0 Å². The van der Waals surface area contributed by atoms with Crippen LogP contribution in [-0.4, -0.2) is 31.5 Å². The van der Waals surface area contributed by atoms with E-state index in [1.165, 1.54) is 28.6 Å². The SMILES string of the molecule is O=C(Cc1ccc([N+](=O)[O-])cc1)Nc1cccc(N2CCCS2(=O)=O)c1. The molecular weight excluding hydrogens is 358 g/mol. The average Bonchev–Trinajstić information content (AvgIpc) is 2.94. The van der Waals surface area contributed by atoms with Crippen molar-refractivity contribution in [3.8, 4) is 0 Å². The Bertz CT molecular complexity index is 941. The highest BCUT2D eigenvalue weighted by Gasteiger charge is 2.28. The fourth-order valence-electron chi connectivity index (χ4n) is 2.79. The molecule has 0 aromatic heterocycles. The molecule has 8 nitrogen and oxygen atoms in total. The lowest BCUT2D eigenvalue weighted by atomic mass is 10.1. The first-order chi connectivity index (χ1) is 12.3. The smallest absolute Gasteiger partial charge is 0.269 e. The topological polar surface area (TPSA) is 110 Å². The number of anilines is 2. The Morgan fingerprint density at radius 3 is 2.54 bits per heavy atom. The molecule has 1 saturated heterocycles. The Labute approximate surface area is 150 Å². The molecule has 0 saturated carbocycles. The van der Waals surface area contributed by atoms with E-state index in [0.717, 1.165) is 0 Å². The molecule has 2 aromatic carbocycles. The number of rotatable bonds is 5. The van der Waals surface area contributed by atoms with E-state index in [-0.39, 0.29) is 23.8 Å². The number of amides is 1.